The topological polar surface area (TPSA) is 93.1 Å². The van der Waals surface area contributed by atoms with Crippen molar-refractivity contribution in [2.45, 2.75) is 18.4 Å². The molecule has 1 heterocycles. The molecular weight excluding hydrogens is 400 g/mol. The Kier molecular flexibility index (Phi) is 5.83. The Morgan fingerprint density at radius 2 is 1.89 bits per heavy atom. The van der Waals surface area contributed by atoms with Crippen LogP contribution >= 0.6 is 11.6 Å². The van der Waals surface area contributed by atoms with Crippen LogP contribution in [0.5, 0.6) is 0 Å². The molecule has 146 valence electrons. The number of imidazole rings is 1. The number of aryl methyl sites for hydroxylation is 1. The van der Waals surface area contributed by atoms with Crippen LogP contribution in [-0.2, 0) is 16.6 Å². The highest BCUT2D eigenvalue weighted by Crippen LogP contribution is 2.22. The molecule has 0 atom stereocenters. The Hall–Kier alpha value is -2.68. The van der Waals surface area contributed by atoms with Crippen LogP contribution in [0.2, 0.25) is 5.02 Å². The Bertz CT molecular complexity index is 1110. The molecule has 0 radical (unpaired) electrons. The van der Waals surface area contributed by atoms with Gasteiger partial charge in [0.1, 0.15) is 5.82 Å². The normalized spacial score (nSPS) is 11.4. The minimum atomic E-state index is -3.67. The predicted octanol–water partition coefficient (Wildman–Crippen LogP) is 3.05. The zero-order valence-electron chi connectivity index (χ0n) is 15.3. The van der Waals surface area contributed by atoms with Gasteiger partial charge in [0.15, 0.2) is 0 Å². The molecule has 3 aromatic rings. The fourth-order valence-corrected chi connectivity index (χ4v) is 3.58. The van der Waals surface area contributed by atoms with Crippen molar-refractivity contribution in [2.24, 2.45) is 0 Å². The van der Waals surface area contributed by atoms with Crippen molar-refractivity contribution in [1.82, 2.24) is 14.3 Å². The number of nitrogens with one attached hydrogen (secondary N) is 2. The van der Waals surface area contributed by atoms with Crippen LogP contribution in [0.25, 0.3) is 0 Å². The lowest BCUT2D eigenvalue weighted by Crippen LogP contribution is -2.20. The number of nitrogens with zero attached hydrogens (tertiary/aromatic N) is 2. The highest BCUT2D eigenvalue weighted by Gasteiger charge is 2.17. The van der Waals surface area contributed by atoms with Crippen molar-refractivity contribution < 1.29 is 13.2 Å². The molecule has 3 rings (SSSR count). The van der Waals surface area contributed by atoms with Gasteiger partial charge in [0.05, 0.1) is 15.5 Å². The quantitative estimate of drug-likeness (QED) is 0.643. The van der Waals surface area contributed by atoms with E-state index in [1.807, 2.05) is 29.8 Å². The largest absolute Gasteiger partial charge is 0.331 e. The minimum absolute atomic E-state index is 0.0319. The third kappa shape index (κ3) is 4.41. The van der Waals surface area contributed by atoms with E-state index >= 15 is 0 Å². The summed E-state index contributed by atoms with van der Waals surface area (Å²) in [5.74, 6) is 0.430. The standard InChI is InChI=1S/C19H19ClN4O3S/c1-13-22-9-10-24(13)12-14-3-5-15(6-4-14)23-19(25)17-11-16(7-8-18(17)20)28(26,27)21-2/h3-11,21H,12H2,1-2H3,(H,23,25). The van der Waals surface area contributed by atoms with E-state index in [0.717, 1.165) is 11.4 Å². The van der Waals surface area contributed by atoms with E-state index in [1.165, 1.54) is 25.2 Å². The summed E-state index contributed by atoms with van der Waals surface area (Å²) in [4.78, 5) is 16.7. The molecule has 2 aromatic carbocycles. The number of benzene rings is 2. The Balaban J connectivity index is 1.76. The fraction of sp³-hybridized carbons (Fsp3) is 0.158. The summed E-state index contributed by atoms with van der Waals surface area (Å²) in [7, 11) is -2.37. The second-order valence-corrected chi connectivity index (χ2v) is 8.40. The van der Waals surface area contributed by atoms with Gasteiger partial charge in [0.2, 0.25) is 10.0 Å². The molecule has 7 nitrogen and oxygen atoms in total. The Morgan fingerprint density at radius 1 is 1.18 bits per heavy atom. The van der Waals surface area contributed by atoms with Crippen molar-refractivity contribution in [3.63, 3.8) is 0 Å². The van der Waals surface area contributed by atoms with E-state index < -0.39 is 15.9 Å². The van der Waals surface area contributed by atoms with E-state index in [0.29, 0.717) is 12.2 Å². The second-order valence-electron chi connectivity index (χ2n) is 6.10. The number of sulfonamides is 1. The molecule has 28 heavy (non-hydrogen) atoms. The van der Waals surface area contributed by atoms with Crippen LogP contribution in [0.3, 0.4) is 0 Å². The first-order chi connectivity index (χ1) is 13.3. The molecule has 0 fully saturated rings. The van der Waals surface area contributed by atoms with E-state index in [2.05, 4.69) is 15.0 Å². The third-order valence-corrected chi connectivity index (χ3v) is 5.99. The Labute approximate surface area is 168 Å². The number of aromatic nitrogens is 2. The highest BCUT2D eigenvalue weighted by atomic mass is 35.5. The highest BCUT2D eigenvalue weighted by molar-refractivity contribution is 7.89. The maximum absolute atomic E-state index is 12.6. The summed E-state index contributed by atoms with van der Waals surface area (Å²) in [6.45, 7) is 2.61. The molecule has 9 heteroatoms. The van der Waals surface area contributed by atoms with Gasteiger partial charge in [-0.1, -0.05) is 23.7 Å². The summed E-state index contributed by atoms with van der Waals surface area (Å²) in [5, 5.41) is 2.90. The molecule has 0 aliphatic rings. The lowest BCUT2D eigenvalue weighted by Gasteiger charge is -2.10. The lowest BCUT2D eigenvalue weighted by atomic mass is 10.1. The number of hydrogen-bond donors (Lipinski definition) is 2. The maximum Gasteiger partial charge on any atom is 0.257 e. The second kappa shape index (κ2) is 8.14. The first-order valence-electron chi connectivity index (χ1n) is 8.41. The van der Waals surface area contributed by atoms with Crippen LogP contribution in [0.4, 0.5) is 5.69 Å². The van der Waals surface area contributed by atoms with Crippen LogP contribution < -0.4 is 10.0 Å². The van der Waals surface area contributed by atoms with Crippen LogP contribution in [0, 0.1) is 6.92 Å². The monoisotopic (exact) mass is 418 g/mol. The molecular formula is C19H19ClN4O3S. The van der Waals surface area contributed by atoms with Crippen LogP contribution in [0.1, 0.15) is 21.7 Å². The molecule has 0 saturated carbocycles. The van der Waals surface area contributed by atoms with E-state index in [9.17, 15) is 13.2 Å². The molecule has 0 aliphatic heterocycles. The number of carbonyl (C=O) groups is 1. The molecule has 0 unspecified atom stereocenters. The van der Waals surface area contributed by atoms with Crippen molar-refractivity contribution >= 4 is 33.2 Å². The smallest absolute Gasteiger partial charge is 0.257 e. The average molecular weight is 419 g/mol. The molecule has 1 amide bonds. The van der Waals surface area contributed by atoms with Crippen molar-refractivity contribution in [1.29, 1.82) is 0 Å². The predicted molar refractivity (Wildman–Crippen MR) is 108 cm³/mol. The van der Waals surface area contributed by atoms with E-state index in [1.54, 1.807) is 18.3 Å². The summed E-state index contributed by atoms with van der Waals surface area (Å²) in [6, 6.07) is 11.3. The molecule has 0 spiro atoms. The number of hydrogen-bond acceptors (Lipinski definition) is 4. The summed E-state index contributed by atoms with van der Waals surface area (Å²) in [5.41, 5.74) is 1.71. The van der Waals surface area contributed by atoms with Gasteiger partial charge in [-0.3, -0.25) is 4.79 Å². The number of carbonyl (C=O) groups excluding carboxylic acids is 1. The lowest BCUT2D eigenvalue weighted by molar-refractivity contribution is 0.102. The number of anilines is 1. The Morgan fingerprint density at radius 3 is 2.50 bits per heavy atom. The van der Waals surface area contributed by atoms with Gasteiger partial charge in [-0.05, 0) is 49.9 Å². The number of rotatable bonds is 6. The van der Waals surface area contributed by atoms with E-state index in [-0.39, 0.29) is 15.5 Å². The molecule has 0 saturated heterocycles. The summed E-state index contributed by atoms with van der Waals surface area (Å²) in [6.07, 6.45) is 3.65. The fourth-order valence-electron chi connectivity index (χ4n) is 2.62. The van der Waals surface area contributed by atoms with Gasteiger partial charge in [-0.25, -0.2) is 18.1 Å². The van der Waals surface area contributed by atoms with Crippen molar-refractivity contribution in [2.75, 3.05) is 12.4 Å². The first kappa shape index (κ1) is 20.1. The molecule has 2 N–H and O–H groups in total. The van der Waals surface area contributed by atoms with Gasteiger partial charge >= 0.3 is 0 Å². The third-order valence-electron chi connectivity index (χ3n) is 4.25. The van der Waals surface area contributed by atoms with Crippen molar-refractivity contribution in [3.8, 4) is 0 Å². The van der Waals surface area contributed by atoms with Crippen molar-refractivity contribution in [3.05, 3.63) is 76.8 Å². The SMILES string of the molecule is CNS(=O)(=O)c1ccc(Cl)c(C(=O)Nc2ccc(Cn3ccnc3C)cc2)c1. The summed E-state index contributed by atoms with van der Waals surface area (Å²) >= 11 is 6.09. The maximum atomic E-state index is 12.6. The van der Waals surface area contributed by atoms with E-state index in [4.69, 9.17) is 11.6 Å². The number of amides is 1. The molecule has 1 aromatic heterocycles. The van der Waals surface area contributed by atoms with Crippen LogP contribution in [-0.4, -0.2) is 30.9 Å². The molecule has 0 aliphatic carbocycles. The van der Waals surface area contributed by atoms with Gasteiger partial charge in [0.25, 0.3) is 5.91 Å². The molecule has 0 bridgehead atoms. The number of halogens is 1. The first-order valence-corrected chi connectivity index (χ1v) is 10.3. The van der Waals surface area contributed by atoms with Gasteiger partial charge < -0.3 is 9.88 Å². The average Bonchev–Trinajstić information content (AvgIpc) is 3.08. The summed E-state index contributed by atoms with van der Waals surface area (Å²) < 4.78 is 28.1. The van der Waals surface area contributed by atoms with Gasteiger partial charge in [0, 0.05) is 24.6 Å². The zero-order chi connectivity index (χ0) is 20.3. The van der Waals surface area contributed by atoms with Gasteiger partial charge in [-0.15, -0.1) is 0 Å². The minimum Gasteiger partial charge on any atom is -0.331 e. The van der Waals surface area contributed by atoms with Crippen LogP contribution in [0.15, 0.2) is 59.8 Å². The zero-order valence-corrected chi connectivity index (χ0v) is 16.9. The van der Waals surface area contributed by atoms with Gasteiger partial charge in [-0.2, -0.15) is 0 Å².